The molecule has 0 spiro atoms. The molecule has 2 amide bonds. The van der Waals surface area contributed by atoms with Crippen LogP contribution in [0.5, 0.6) is 0 Å². The molecule has 6 nitrogen and oxygen atoms in total. The predicted octanol–water partition coefficient (Wildman–Crippen LogP) is 4.30. The lowest BCUT2D eigenvalue weighted by Gasteiger charge is -2.07. The summed E-state index contributed by atoms with van der Waals surface area (Å²) in [7, 11) is 0. The van der Waals surface area contributed by atoms with Crippen LogP contribution >= 0.6 is 35.0 Å². The average Bonchev–Trinajstić information content (AvgIpc) is 2.62. The molecular weight excluding hydrogens is 411 g/mol. The van der Waals surface area contributed by atoms with E-state index in [4.69, 9.17) is 28.3 Å². The van der Waals surface area contributed by atoms with E-state index in [1.54, 1.807) is 42.5 Å². The maximum atomic E-state index is 12.0. The first kappa shape index (κ1) is 20.8. The van der Waals surface area contributed by atoms with Gasteiger partial charge in [-0.2, -0.15) is 0 Å². The van der Waals surface area contributed by atoms with Crippen molar-refractivity contribution in [3.8, 4) is 0 Å². The minimum atomic E-state index is -1.20. The maximum absolute atomic E-state index is 12.0. The molecule has 0 aliphatic heterocycles. The molecule has 140 valence electrons. The van der Waals surface area contributed by atoms with Crippen LogP contribution in [0.1, 0.15) is 0 Å². The number of benzene rings is 2. The zero-order chi connectivity index (χ0) is 19.8. The quantitative estimate of drug-likeness (QED) is 0.454. The van der Waals surface area contributed by atoms with Gasteiger partial charge in [0.2, 0.25) is 11.8 Å². The Labute approximate surface area is 169 Å². The molecule has 2 rings (SSSR count). The molecule has 3 N–H and O–H groups in total. The number of halogens is 2. The van der Waals surface area contributed by atoms with E-state index >= 15 is 0 Å². The molecule has 0 aliphatic carbocycles. The topological polar surface area (TPSA) is 95.5 Å². The molecule has 0 saturated heterocycles. The Morgan fingerprint density at radius 3 is 2.22 bits per heavy atom. The Hall–Kier alpha value is -2.48. The SMILES string of the molecule is O=C(O)/C=C/C(=O)Nc1ccc(SCC(=O)Nc2ccc(Cl)c(Cl)c2)cc1. The maximum Gasteiger partial charge on any atom is 0.328 e. The second-order valence-electron chi connectivity index (χ2n) is 5.15. The first-order chi connectivity index (χ1) is 12.8. The van der Waals surface area contributed by atoms with Crippen LogP contribution in [0.2, 0.25) is 10.0 Å². The molecule has 0 aromatic heterocycles. The highest BCUT2D eigenvalue weighted by molar-refractivity contribution is 8.00. The van der Waals surface area contributed by atoms with Crippen LogP contribution in [0.25, 0.3) is 0 Å². The van der Waals surface area contributed by atoms with Crippen LogP contribution in [-0.2, 0) is 14.4 Å². The Balaban J connectivity index is 1.83. The van der Waals surface area contributed by atoms with Crippen LogP contribution in [0.4, 0.5) is 11.4 Å². The number of hydrogen-bond acceptors (Lipinski definition) is 4. The third-order valence-corrected chi connectivity index (χ3v) is 4.82. The Morgan fingerprint density at radius 1 is 0.926 bits per heavy atom. The standard InChI is InChI=1S/C18H14Cl2N2O4S/c19-14-6-3-12(9-15(14)20)22-17(24)10-27-13-4-1-11(2-5-13)21-16(23)7-8-18(25)26/h1-9H,10H2,(H,21,23)(H,22,24)(H,25,26)/b8-7+. The van der Waals surface area contributed by atoms with Crippen molar-refractivity contribution < 1.29 is 19.5 Å². The number of thioether (sulfide) groups is 1. The number of anilines is 2. The van der Waals surface area contributed by atoms with Crippen molar-refractivity contribution in [1.29, 1.82) is 0 Å². The van der Waals surface area contributed by atoms with Crippen molar-refractivity contribution in [2.24, 2.45) is 0 Å². The number of carboxylic acids is 1. The number of nitrogens with one attached hydrogen (secondary N) is 2. The van der Waals surface area contributed by atoms with E-state index in [1.807, 2.05) is 0 Å². The minimum absolute atomic E-state index is 0.188. The van der Waals surface area contributed by atoms with Crippen LogP contribution in [0.3, 0.4) is 0 Å². The molecule has 2 aromatic carbocycles. The summed E-state index contributed by atoms with van der Waals surface area (Å²) < 4.78 is 0. The van der Waals surface area contributed by atoms with Crippen molar-refractivity contribution in [3.63, 3.8) is 0 Å². The summed E-state index contributed by atoms with van der Waals surface area (Å²) in [5.74, 6) is -1.75. The van der Waals surface area contributed by atoms with Gasteiger partial charge in [0.05, 0.1) is 15.8 Å². The third-order valence-electron chi connectivity index (χ3n) is 3.07. The van der Waals surface area contributed by atoms with Gasteiger partial charge in [-0.05, 0) is 42.5 Å². The summed E-state index contributed by atoms with van der Waals surface area (Å²) in [5, 5.41) is 14.5. The Morgan fingerprint density at radius 2 is 1.59 bits per heavy atom. The number of amides is 2. The lowest BCUT2D eigenvalue weighted by molar-refractivity contribution is -0.131. The van der Waals surface area contributed by atoms with Crippen LogP contribution < -0.4 is 10.6 Å². The first-order valence-electron chi connectivity index (χ1n) is 7.53. The summed E-state index contributed by atoms with van der Waals surface area (Å²) in [5.41, 5.74) is 1.07. The number of carboxylic acid groups (broad SMARTS) is 1. The van der Waals surface area contributed by atoms with E-state index in [2.05, 4.69) is 10.6 Å². The largest absolute Gasteiger partial charge is 0.478 e. The molecule has 0 unspecified atom stereocenters. The molecule has 27 heavy (non-hydrogen) atoms. The molecule has 0 aliphatic rings. The molecule has 0 atom stereocenters. The first-order valence-corrected chi connectivity index (χ1v) is 9.27. The van der Waals surface area contributed by atoms with Gasteiger partial charge in [0.1, 0.15) is 0 Å². The van der Waals surface area contributed by atoms with Gasteiger partial charge in [0.15, 0.2) is 0 Å². The van der Waals surface area contributed by atoms with Crippen LogP contribution in [0.15, 0.2) is 59.5 Å². The number of hydrogen-bond donors (Lipinski definition) is 3. The van der Waals surface area contributed by atoms with Crippen molar-refractivity contribution in [2.45, 2.75) is 4.90 Å². The van der Waals surface area contributed by atoms with Crippen molar-refractivity contribution in [1.82, 2.24) is 0 Å². The van der Waals surface area contributed by atoms with Gasteiger partial charge < -0.3 is 15.7 Å². The van der Waals surface area contributed by atoms with Gasteiger partial charge in [0.25, 0.3) is 0 Å². The normalized spacial score (nSPS) is 10.6. The highest BCUT2D eigenvalue weighted by Gasteiger charge is 2.06. The highest BCUT2D eigenvalue weighted by Crippen LogP contribution is 2.25. The monoisotopic (exact) mass is 424 g/mol. The van der Waals surface area contributed by atoms with E-state index in [0.29, 0.717) is 21.4 Å². The van der Waals surface area contributed by atoms with E-state index in [-0.39, 0.29) is 11.7 Å². The summed E-state index contributed by atoms with van der Waals surface area (Å²) in [6.45, 7) is 0. The number of carbonyl (C=O) groups is 3. The summed E-state index contributed by atoms with van der Waals surface area (Å²) in [6, 6.07) is 11.6. The molecule has 0 fully saturated rings. The molecule has 0 heterocycles. The Kier molecular flexibility index (Phi) is 7.72. The third kappa shape index (κ3) is 7.34. The van der Waals surface area contributed by atoms with Gasteiger partial charge in [-0.1, -0.05) is 23.2 Å². The van der Waals surface area contributed by atoms with Gasteiger partial charge >= 0.3 is 5.97 Å². The zero-order valence-electron chi connectivity index (χ0n) is 13.7. The Bertz CT molecular complexity index is 885. The number of aliphatic carboxylic acids is 1. The summed E-state index contributed by atoms with van der Waals surface area (Å²) in [4.78, 5) is 34.7. The summed E-state index contributed by atoms with van der Waals surface area (Å²) >= 11 is 13.1. The van der Waals surface area contributed by atoms with Crippen molar-refractivity contribution in [2.75, 3.05) is 16.4 Å². The van der Waals surface area contributed by atoms with Crippen molar-refractivity contribution >= 4 is 64.1 Å². The fourth-order valence-corrected chi connectivity index (χ4v) is 2.88. The van der Waals surface area contributed by atoms with Gasteiger partial charge in [0, 0.05) is 28.4 Å². The smallest absolute Gasteiger partial charge is 0.328 e. The van der Waals surface area contributed by atoms with E-state index in [0.717, 1.165) is 17.0 Å². The molecule has 2 aromatic rings. The van der Waals surface area contributed by atoms with E-state index in [1.165, 1.54) is 11.8 Å². The molecule has 9 heteroatoms. The average molecular weight is 425 g/mol. The highest BCUT2D eigenvalue weighted by atomic mass is 35.5. The number of carbonyl (C=O) groups excluding carboxylic acids is 2. The molecule has 0 bridgehead atoms. The molecular formula is C18H14Cl2N2O4S. The molecule has 0 radical (unpaired) electrons. The van der Waals surface area contributed by atoms with E-state index in [9.17, 15) is 14.4 Å². The van der Waals surface area contributed by atoms with Crippen LogP contribution in [0, 0.1) is 0 Å². The lowest BCUT2D eigenvalue weighted by atomic mass is 10.3. The van der Waals surface area contributed by atoms with E-state index < -0.39 is 11.9 Å². The zero-order valence-corrected chi connectivity index (χ0v) is 16.1. The second-order valence-corrected chi connectivity index (χ2v) is 7.01. The van der Waals surface area contributed by atoms with Gasteiger partial charge in [-0.25, -0.2) is 4.79 Å². The second kappa shape index (κ2) is 10.0. The molecule has 0 saturated carbocycles. The lowest BCUT2D eigenvalue weighted by Crippen LogP contribution is -2.13. The minimum Gasteiger partial charge on any atom is -0.478 e. The van der Waals surface area contributed by atoms with Gasteiger partial charge in [-0.3, -0.25) is 9.59 Å². The fraction of sp³-hybridized carbons (Fsp3) is 0.0556. The summed E-state index contributed by atoms with van der Waals surface area (Å²) in [6.07, 6.45) is 1.68. The fourth-order valence-electron chi connectivity index (χ4n) is 1.89. The van der Waals surface area contributed by atoms with Gasteiger partial charge in [-0.15, -0.1) is 11.8 Å². The van der Waals surface area contributed by atoms with Crippen LogP contribution in [-0.4, -0.2) is 28.6 Å². The predicted molar refractivity (Wildman–Crippen MR) is 108 cm³/mol. The number of rotatable bonds is 7. The van der Waals surface area contributed by atoms with Crippen molar-refractivity contribution in [3.05, 3.63) is 64.7 Å².